The highest BCUT2D eigenvalue weighted by molar-refractivity contribution is 5.94. The summed E-state index contributed by atoms with van der Waals surface area (Å²) in [6.45, 7) is 1.81. The van der Waals surface area contributed by atoms with Crippen LogP contribution < -0.4 is 10.1 Å². The van der Waals surface area contributed by atoms with E-state index in [4.69, 9.17) is 4.74 Å². The van der Waals surface area contributed by atoms with Crippen LogP contribution in [0.2, 0.25) is 0 Å². The molecule has 3 rings (SSSR count). The molecule has 0 bridgehead atoms. The quantitative estimate of drug-likeness (QED) is 0.754. The van der Waals surface area contributed by atoms with Crippen molar-refractivity contribution < 1.29 is 14.6 Å². The molecule has 0 unspecified atom stereocenters. The maximum atomic E-state index is 12.1. The monoisotopic (exact) mass is 323 g/mol. The number of carbonyl (C=O) groups excluding carboxylic acids is 1. The molecule has 122 valence electrons. The van der Waals surface area contributed by atoms with E-state index in [1.807, 2.05) is 24.3 Å². The van der Waals surface area contributed by atoms with Crippen LogP contribution in [0.25, 0.3) is 10.9 Å². The Morgan fingerprint density at radius 3 is 2.88 bits per heavy atom. The van der Waals surface area contributed by atoms with Crippen molar-refractivity contribution >= 4 is 16.8 Å². The summed E-state index contributed by atoms with van der Waals surface area (Å²) >= 11 is 0. The Kier molecular flexibility index (Phi) is 4.67. The molecule has 0 fully saturated rings. The lowest BCUT2D eigenvalue weighted by atomic mass is 10.2. The van der Waals surface area contributed by atoms with E-state index in [-0.39, 0.29) is 12.5 Å². The second kappa shape index (κ2) is 7.06. The highest BCUT2D eigenvalue weighted by Crippen LogP contribution is 2.26. The summed E-state index contributed by atoms with van der Waals surface area (Å²) in [6, 6.07) is 14.3. The van der Waals surface area contributed by atoms with Gasteiger partial charge in [-0.05, 0) is 37.3 Å². The van der Waals surface area contributed by atoms with Gasteiger partial charge in [0, 0.05) is 12.1 Å². The van der Waals surface area contributed by atoms with Crippen LogP contribution in [-0.2, 0) is 0 Å². The van der Waals surface area contributed by atoms with Crippen LogP contribution in [0.5, 0.6) is 11.6 Å². The van der Waals surface area contributed by atoms with E-state index in [0.29, 0.717) is 17.2 Å². The molecule has 0 saturated heterocycles. The average Bonchev–Trinajstić information content (AvgIpc) is 2.60. The number of hydrogen-bond donors (Lipinski definition) is 2. The van der Waals surface area contributed by atoms with Gasteiger partial charge in [0.05, 0.1) is 17.0 Å². The number of hydrogen-bond acceptors (Lipinski definition) is 5. The summed E-state index contributed by atoms with van der Waals surface area (Å²) < 4.78 is 5.83. The number of rotatable bonds is 5. The van der Waals surface area contributed by atoms with Crippen molar-refractivity contribution in [2.45, 2.75) is 13.0 Å². The molecule has 6 nitrogen and oxygen atoms in total. The Morgan fingerprint density at radius 2 is 2.04 bits per heavy atom. The lowest BCUT2D eigenvalue weighted by Gasteiger charge is -2.10. The standard InChI is InChI=1S/C18H17N3O3/c1-12(22)10-19-17(23)13-5-4-6-14(9-13)24-18-15-7-2-3-8-16(15)20-11-21-18/h2-9,11-12,22H,10H2,1H3,(H,19,23)/t12-/m0/s1. The van der Waals surface area contributed by atoms with Gasteiger partial charge in [0.1, 0.15) is 12.1 Å². The van der Waals surface area contributed by atoms with E-state index in [1.165, 1.54) is 6.33 Å². The molecule has 0 radical (unpaired) electrons. The topological polar surface area (TPSA) is 84.3 Å². The van der Waals surface area contributed by atoms with Gasteiger partial charge in [0.2, 0.25) is 5.88 Å². The third-order valence-electron chi connectivity index (χ3n) is 3.38. The minimum atomic E-state index is -0.597. The predicted molar refractivity (Wildman–Crippen MR) is 90.1 cm³/mol. The highest BCUT2D eigenvalue weighted by Gasteiger charge is 2.10. The van der Waals surface area contributed by atoms with Crippen LogP contribution in [0.1, 0.15) is 17.3 Å². The maximum absolute atomic E-state index is 12.1. The van der Waals surface area contributed by atoms with Crippen LogP contribution >= 0.6 is 0 Å². The van der Waals surface area contributed by atoms with Crippen molar-refractivity contribution in [3.8, 4) is 11.6 Å². The molecule has 1 amide bonds. The number of para-hydroxylation sites is 1. The zero-order valence-electron chi connectivity index (χ0n) is 13.1. The molecule has 1 aromatic heterocycles. The molecule has 0 spiro atoms. The first kappa shape index (κ1) is 15.9. The lowest BCUT2D eigenvalue weighted by Crippen LogP contribution is -2.30. The first-order chi connectivity index (χ1) is 11.6. The average molecular weight is 323 g/mol. The van der Waals surface area contributed by atoms with Gasteiger partial charge in [-0.25, -0.2) is 9.97 Å². The van der Waals surface area contributed by atoms with Crippen LogP contribution in [0, 0.1) is 0 Å². The Balaban J connectivity index is 1.83. The molecular weight excluding hydrogens is 306 g/mol. The molecule has 2 N–H and O–H groups in total. The molecule has 2 aromatic carbocycles. The van der Waals surface area contributed by atoms with Crippen molar-refractivity contribution in [3.05, 3.63) is 60.4 Å². The Labute approximate surface area is 139 Å². The van der Waals surface area contributed by atoms with E-state index < -0.39 is 6.10 Å². The predicted octanol–water partition coefficient (Wildman–Crippen LogP) is 2.53. The number of nitrogens with one attached hydrogen (secondary N) is 1. The first-order valence-corrected chi connectivity index (χ1v) is 7.57. The van der Waals surface area contributed by atoms with Crippen molar-refractivity contribution in [3.63, 3.8) is 0 Å². The molecule has 0 aliphatic heterocycles. The van der Waals surface area contributed by atoms with E-state index in [9.17, 15) is 9.90 Å². The van der Waals surface area contributed by atoms with E-state index in [2.05, 4.69) is 15.3 Å². The number of fused-ring (bicyclic) bond motifs is 1. The zero-order valence-corrected chi connectivity index (χ0v) is 13.1. The fourth-order valence-electron chi connectivity index (χ4n) is 2.22. The Bertz CT molecular complexity index is 860. The molecule has 6 heteroatoms. The van der Waals surface area contributed by atoms with Crippen LogP contribution in [-0.4, -0.2) is 33.6 Å². The van der Waals surface area contributed by atoms with Crippen molar-refractivity contribution in [2.75, 3.05) is 6.54 Å². The molecule has 1 atom stereocenters. The number of aromatic nitrogens is 2. The number of ether oxygens (including phenoxy) is 1. The highest BCUT2D eigenvalue weighted by atomic mass is 16.5. The number of aliphatic hydroxyl groups is 1. The number of amides is 1. The van der Waals surface area contributed by atoms with E-state index in [0.717, 1.165) is 10.9 Å². The third kappa shape index (κ3) is 3.67. The van der Waals surface area contributed by atoms with E-state index >= 15 is 0 Å². The fourth-order valence-corrected chi connectivity index (χ4v) is 2.22. The summed E-state index contributed by atoms with van der Waals surface area (Å²) in [5, 5.41) is 12.7. The Morgan fingerprint density at radius 1 is 1.21 bits per heavy atom. The molecule has 0 aliphatic carbocycles. The van der Waals surface area contributed by atoms with Crippen LogP contribution in [0.3, 0.4) is 0 Å². The van der Waals surface area contributed by atoms with Crippen LogP contribution in [0.15, 0.2) is 54.9 Å². The Hall–Kier alpha value is -2.99. The molecular formula is C18H17N3O3. The zero-order chi connectivity index (χ0) is 16.9. The summed E-state index contributed by atoms with van der Waals surface area (Å²) in [4.78, 5) is 20.4. The van der Waals surface area contributed by atoms with Gasteiger partial charge >= 0.3 is 0 Å². The molecule has 1 heterocycles. The number of nitrogens with zero attached hydrogens (tertiary/aromatic N) is 2. The second-order valence-electron chi connectivity index (χ2n) is 5.38. The third-order valence-corrected chi connectivity index (χ3v) is 3.38. The minimum Gasteiger partial charge on any atom is -0.438 e. The van der Waals surface area contributed by atoms with Gasteiger partial charge in [-0.3, -0.25) is 4.79 Å². The molecule has 0 aliphatic rings. The SMILES string of the molecule is C[C@H](O)CNC(=O)c1cccc(Oc2ncnc3ccccc23)c1. The normalized spacial score (nSPS) is 11.9. The fraction of sp³-hybridized carbons (Fsp3) is 0.167. The first-order valence-electron chi connectivity index (χ1n) is 7.57. The van der Waals surface area contributed by atoms with Gasteiger partial charge in [-0.1, -0.05) is 18.2 Å². The van der Waals surface area contributed by atoms with Crippen LogP contribution in [0.4, 0.5) is 0 Å². The van der Waals surface area contributed by atoms with Crippen molar-refractivity contribution in [1.82, 2.24) is 15.3 Å². The number of carbonyl (C=O) groups is 1. The van der Waals surface area contributed by atoms with Gasteiger partial charge < -0.3 is 15.2 Å². The van der Waals surface area contributed by atoms with Gasteiger partial charge in [-0.15, -0.1) is 0 Å². The summed E-state index contributed by atoms with van der Waals surface area (Å²) in [5.74, 6) is 0.666. The lowest BCUT2D eigenvalue weighted by molar-refractivity contribution is 0.0923. The minimum absolute atomic E-state index is 0.195. The van der Waals surface area contributed by atoms with E-state index in [1.54, 1.807) is 31.2 Å². The van der Waals surface area contributed by atoms with Crippen molar-refractivity contribution in [2.24, 2.45) is 0 Å². The summed E-state index contributed by atoms with van der Waals surface area (Å²) in [7, 11) is 0. The molecule has 24 heavy (non-hydrogen) atoms. The van der Waals surface area contributed by atoms with Crippen molar-refractivity contribution in [1.29, 1.82) is 0 Å². The van der Waals surface area contributed by atoms with Gasteiger partial charge in [0.25, 0.3) is 5.91 Å². The largest absolute Gasteiger partial charge is 0.438 e. The second-order valence-corrected chi connectivity index (χ2v) is 5.38. The van der Waals surface area contributed by atoms with Gasteiger partial charge in [0.15, 0.2) is 0 Å². The summed E-state index contributed by atoms with van der Waals surface area (Å²) in [6.07, 6.45) is 0.845. The molecule has 3 aromatic rings. The molecule has 0 saturated carbocycles. The number of benzene rings is 2. The summed E-state index contributed by atoms with van der Waals surface area (Å²) in [5.41, 5.74) is 1.24. The number of aliphatic hydroxyl groups excluding tert-OH is 1. The van der Waals surface area contributed by atoms with Gasteiger partial charge in [-0.2, -0.15) is 0 Å². The maximum Gasteiger partial charge on any atom is 0.251 e. The smallest absolute Gasteiger partial charge is 0.251 e.